The fraction of sp³-hybridized carbons (Fsp3) is 0.941. The summed E-state index contributed by atoms with van der Waals surface area (Å²) in [6.45, 7) is 5.71. The Morgan fingerprint density at radius 3 is 2.35 bits per heavy atom. The van der Waals surface area contributed by atoms with Crippen LogP contribution < -0.4 is 0 Å². The summed E-state index contributed by atoms with van der Waals surface area (Å²) in [7, 11) is 0. The molecule has 4 saturated carbocycles. The van der Waals surface area contributed by atoms with Crippen molar-refractivity contribution in [2.24, 2.45) is 41.4 Å². The quantitative estimate of drug-likeness (QED) is 0.624. The van der Waals surface area contributed by atoms with Gasteiger partial charge in [-0.15, -0.1) is 0 Å². The Hall–Kier alpha value is -0.570. The van der Waals surface area contributed by atoms with Gasteiger partial charge in [-0.3, -0.25) is 4.79 Å². The molecule has 4 bridgehead atoms. The van der Waals surface area contributed by atoms with E-state index >= 15 is 0 Å². The van der Waals surface area contributed by atoms with E-state index in [9.17, 15) is 9.90 Å². The molecule has 0 aromatic heterocycles. The molecular weight excluding hydrogens is 252 g/mol. The van der Waals surface area contributed by atoms with Gasteiger partial charge >= 0.3 is 5.97 Å². The number of rotatable bonds is 2. The second-order valence-electron chi connectivity index (χ2n) is 8.32. The maximum absolute atomic E-state index is 11.4. The molecule has 0 spiro atoms. The standard InChI is InChI=1S/C17H26O3/c1-8(18)20-17(2,3)13-6-9-4-11(13)15-10-5-12(16(9)15)14(19)7-10/h9-16,19H,4-7H2,1-3H3. The molecule has 8 unspecified atom stereocenters. The van der Waals surface area contributed by atoms with Gasteiger partial charge in [-0.2, -0.15) is 0 Å². The van der Waals surface area contributed by atoms with Crippen LogP contribution in [-0.4, -0.2) is 22.8 Å². The van der Waals surface area contributed by atoms with Gasteiger partial charge in [0.25, 0.3) is 0 Å². The first-order valence-corrected chi connectivity index (χ1v) is 8.26. The normalized spacial score (nSPS) is 52.4. The first kappa shape index (κ1) is 13.1. The zero-order valence-electron chi connectivity index (χ0n) is 12.7. The van der Waals surface area contributed by atoms with Gasteiger partial charge in [0.1, 0.15) is 5.60 Å². The summed E-state index contributed by atoms with van der Waals surface area (Å²) in [5.41, 5.74) is -0.323. The number of aliphatic hydroxyl groups excluding tert-OH is 1. The van der Waals surface area contributed by atoms with E-state index in [0.29, 0.717) is 11.8 Å². The van der Waals surface area contributed by atoms with Crippen molar-refractivity contribution in [2.75, 3.05) is 0 Å². The molecule has 0 aliphatic heterocycles. The van der Waals surface area contributed by atoms with Gasteiger partial charge in [-0.25, -0.2) is 0 Å². The molecule has 4 aliphatic carbocycles. The van der Waals surface area contributed by atoms with Crippen molar-refractivity contribution in [3.8, 4) is 0 Å². The summed E-state index contributed by atoms with van der Waals surface area (Å²) >= 11 is 0. The molecule has 0 aromatic rings. The van der Waals surface area contributed by atoms with Crippen LogP contribution >= 0.6 is 0 Å². The Balaban J connectivity index is 1.57. The third-order valence-corrected chi connectivity index (χ3v) is 7.08. The van der Waals surface area contributed by atoms with E-state index in [2.05, 4.69) is 13.8 Å². The topological polar surface area (TPSA) is 46.5 Å². The third kappa shape index (κ3) is 1.59. The lowest BCUT2D eigenvalue weighted by atomic mass is 9.63. The number of carbonyl (C=O) groups is 1. The predicted octanol–water partition coefficient (Wildman–Crippen LogP) is 2.62. The highest BCUT2D eigenvalue weighted by Crippen LogP contribution is 2.70. The van der Waals surface area contributed by atoms with E-state index in [1.165, 1.54) is 26.2 Å². The molecule has 112 valence electrons. The number of ether oxygens (including phenoxy) is 1. The highest BCUT2D eigenvalue weighted by molar-refractivity contribution is 5.66. The summed E-state index contributed by atoms with van der Waals surface area (Å²) in [6.07, 6.45) is 4.76. The molecule has 4 aliphatic rings. The number of carbonyl (C=O) groups excluding carboxylic acids is 1. The van der Waals surface area contributed by atoms with Gasteiger partial charge in [0.05, 0.1) is 6.10 Å². The van der Waals surface area contributed by atoms with Gasteiger partial charge in [0.15, 0.2) is 0 Å². The minimum absolute atomic E-state index is 0.0273. The average molecular weight is 278 g/mol. The van der Waals surface area contributed by atoms with Crippen molar-refractivity contribution in [1.29, 1.82) is 0 Å². The second-order valence-corrected chi connectivity index (χ2v) is 8.32. The number of hydrogen-bond donors (Lipinski definition) is 1. The Morgan fingerprint density at radius 2 is 1.65 bits per heavy atom. The van der Waals surface area contributed by atoms with E-state index in [4.69, 9.17) is 4.74 Å². The first-order chi connectivity index (χ1) is 9.38. The summed E-state index contributed by atoms with van der Waals surface area (Å²) in [5, 5.41) is 10.2. The lowest BCUT2D eigenvalue weighted by Gasteiger charge is -2.45. The van der Waals surface area contributed by atoms with Crippen LogP contribution in [0, 0.1) is 41.4 Å². The van der Waals surface area contributed by atoms with Crippen LogP contribution in [0.5, 0.6) is 0 Å². The molecule has 0 radical (unpaired) electrons. The van der Waals surface area contributed by atoms with Gasteiger partial charge in [-0.1, -0.05) is 0 Å². The average Bonchev–Trinajstić information content (AvgIpc) is 3.02. The zero-order chi connectivity index (χ0) is 14.2. The minimum Gasteiger partial charge on any atom is -0.460 e. The SMILES string of the molecule is CC(=O)OC(C)(C)C1CC2CC1C1C3CC(O)C(C3)C21. The van der Waals surface area contributed by atoms with Crippen molar-refractivity contribution in [3.63, 3.8) is 0 Å². The second kappa shape index (κ2) is 4.00. The molecule has 4 rings (SSSR count). The summed E-state index contributed by atoms with van der Waals surface area (Å²) in [5.74, 6) is 4.77. The highest BCUT2D eigenvalue weighted by Gasteiger charge is 2.66. The molecule has 0 aromatic carbocycles. The van der Waals surface area contributed by atoms with Gasteiger partial charge in [0, 0.05) is 12.8 Å². The molecule has 4 fully saturated rings. The molecule has 0 saturated heterocycles. The summed E-state index contributed by atoms with van der Waals surface area (Å²) < 4.78 is 5.64. The van der Waals surface area contributed by atoms with E-state index in [1.54, 1.807) is 0 Å². The number of hydrogen-bond acceptors (Lipinski definition) is 3. The Morgan fingerprint density at radius 1 is 1.05 bits per heavy atom. The number of esters is 1. The third-order valence-electron chi connectivity index (χ3n) is 7.08. The van der Waals surface area contributed by atoms with Crippen LogP contribution in [0.25, 0.3) is 0 Å². The molecule has 3 heteroatoms. The van der Waals surface area contributed by atoms with Crippen LogP contribution in [0.15, 0.2) is 0 Å². The maximum atomic E-state index is 11.4. The van der Waals surface area contributed by atoms with Crippen LogP contribution in [0.4, 0.5) is 0 Å². The fourth-order valence-electron chi connectivity index (χ4n) is 6.81. The van der Waals surface area contributed by atoms with Gasteiger partial charge < -0.3 is 9.84 Å². The Bertz CT molecular complexity index is 444. The smallest absolute Gasteiger partial charge is 0.303 e. The fourth-order valence-corrected chi connectivity index (χ4v) is 6.81. The minimum atomic E-state index is -0.323. The van der Waals surface area contributed by atoms with Crippen molar-refractivity contribution in [1.82, 2.24) is 0 Å². The molecule has 1 N–H and O–H groups in total. The van der Waals surface area contributed by atoms with Crippen LogP contribution in [0.3, 0.4) is 0 Å². The van der Waals surface area contributed by atoms with Crippen molar-refractivity contribution >= 4 is 5.97 Å². The van der Waals surface area contributed by atoms with Crippen molar-refractivity contribution in [2.45, 2.75) is 58.2 Å². The van der Waals surface area contributed by atoms with Crippen LogP contribution in [-0.2, 0) is 9.53 Å². The molecule has 8 atom stereocenters. The van der Waals surface area contributed by atoms with E-state index in [1.807, 2.05) is 0 Å². The maximum Gasteiger partial charge on any atom is 0.303 e. The van der Waals surface area contributed by atoms with E-state index < -0.39 is 0 Å². The number of fused-ring (bicyclic) bond motifs is 9. The number of aliphatic hydroxyl groups is 1. The van der Waals surface area contributed by atoms with Gasteiger partial charge in [0.2, 0.25) is 0 Å². The van der Waals surface area contributed by atoms with Crippen molar-refractivity contribution in [3.05, 3.63) is 0 Å². The molecule has 0 heterocycles. The lowest BCUT2D eigenvalue weighted by molar-refractivity contribution is -0.163. The molecule has 0 amide bonds. The summed E-state index contributed by atoms with van der Waals surface area (Å²) in [4.78, 5) is 11.4. The highest BCUT2D eigenvalue weighted by atomic mass is 16.6. The zero-order valence-corrected chi connectivity index (χ0v) is 12.7. The largest absolute Gasteiger partial charge is 0.460 e. The molecular formula is C17H26O3. The predicted molar refractivity (Wildman–Crippen MR) is 74.7 cm³/mol. The Labute approximate surface area is 121 Å². The monoisotopic (exact) mass is 278 g/mol. The molecule has 3 nitrogen and oxygen atoms in total. The lowest BCUT2D eigenvalue weighted by Crippen LogP contribution is -2.45. The molecule has 20 heavy (non-hydrogen) atoms. The Kier molecular flexibility index (Phi) is 2.62. The van der Waals surface area contributed by atoms with Crippen molar-refractivity contribution < 1.29 is 14.6 Å². The van der Waals surface area contributed by atoms with E-state index in [0.717, 1.165) is 36.0 Å². The van der Waals surface area contributed by atoms with Gasteiger partial charge in [-0.05, 0) is 75.0 Å². The summed E-state index contributed by atoms with van der Waals surface area (Å²) in [6, 6.07) is 0. The van der Waals surface area contributed by atoms with Crippen LogP contribution in [0.2, 0.25) is 0 Å². The first-order valence-electron chi connectivity index (χ1n) is 8.26. The van der Waals surface area contributed by atoms with E-state index in [-0.39, 0.29) is 17.7 Å². The van der Waals surface area contributed by atoms with Crippen LogP contribution in [0.1, 0.15) is 46.5 Å².